The summed E-state index contributed by atoms with van der Waals surface area (Å²) < 4.78 is 0. The first-order chi connectivity index (χ1) is 12.2. The number of rotatable bonds is 3. The van der Waals surface area contributed by atoms with Crippen molar-refractivity contribution in [2.45, 2.75) is 43.6 Å². The Kier molecular flexibility index (Phi) is 4.34. The fourth-order valence-electron chi connectivity index (χ4n) is 4.26. The van der Waals surface area contributed by atoms with E-state index in [0.717, 1.165) is 50.8 Å². The summed E-state index contributed by atoms with van der Waals surface area (Å²) in [5, 5.41) is 10.6. The zero-order valence-electron chi connectivity index (χ0n) is 14.8. The van der Waals surface area contributed by atoms with Gasteiger partial charge < -0.3 is 10.2 Å². The number of nitrogens with one attached hydrogen (secondary N) is 2. The summed E-state index contributed by atoms with van der Waals surface area (Å²) in [7, 11) is 2.13. The Morgan fingerprint density at radius 2 is 2.04 bits per heavy atom. The van der Waals surface area contributed by atoms with Gasteiger partial charge in [-0.3, -0.25) is 9.89 Å². The molecule has 1 fully saturated rings. The van der Waals surface area contributed by atoms with E-state index in [1.54, 1.807) is 0 Å². The number of nitrogens with zero attached hydrogens (tertiary/aromatic N) is 2. The average molecular weight is 338 g/mol. The van der Waals surface area contributed by atoms with Crippen molar-refractivity contribution in [3.8, 4) is 0 Å². The molecule has 25 heavy (non-hydrogen) atoms. The number of benzene rings is 1. The summed E-state index contributed by atoms with van der Waals surface area (Å²) in [4.78, 5) is 15.7. The lowest BCUT2D eigenvalue weighted by Gasteiger charge is -2.41. The minimum absolute atomic E-state index is 0.194. The molecule has 132 valence electrons. The van der Waals surface area contributed by atoms with Crippen LogP contribution in [-0.2, 0) is 23.1 Å². The van der Waals surface area contributed by atoms with Crippen molar-refractivity contribution in [2.24, 2.45) is 0 Å². The second-order valence-corrected chi connectivity index (χ2v) is 7.54. The summed E-state index contributed by atoms with van der Waals surface area (Å²) in [6, 6.07) is 10.5. The number of hydrogen-bond donors (Lipinski definition) is 2. The molecule has 2 heterocycles. The highest BCUT2D eigenvalue weighted by molar-refractivity contribution is 5.88. The predicted molar refractivity (Wildman–Crippen MR) is 97.4 cm³/mol. The maximum atomic E-state index is 13.4. The van der Waals surface area contributed by atoms with Crippen LogP contribution in [0.1, 0.15) is 36.1 Å². The van der Waals surface area contributed by atoms with Crippen LogP contribution in [0.4, 0.5) is 0 Å². The third-order valence-corrected chi connectivity index (χ3v) is 5.96. The topological polar surface area (TPSA) is 61.0 Å². The van der Waals surface area contributed by atoms with E-state index >= 15 is 0 Å². The molecule has 1 aliphatic carbocycles. The van der Waals surface area contributed by atoms with Gasteiger partial charge in [-0.2, -0.15) is 5.10 Å². The Balaban J connectivity index is 1.55. The van der Waals surface area contributed by atoms with Crippen molar-refractivity contribution in [1.29, 1.82) is 0 Å². The number of likely N-dealkylation sites (tertiary alicyclic amines) is 1. The van der Waals surface area contributed by atoms with Crippen LogP contribution >= 0.6 is 0 Å². The first kappa shape index (κ1) is 16.3. The lowest BCUT2D eigenvalue weighted by atomic mass is 9.71. The maximum absolute atomic E-state index is 13.4. The number of aromatic nitrogens is 2. The fourth-order valence-corrected chi connectivity index (χ4v) is 4.26. The summed E-state index contributed by atoms with van der Waals surface area (Å²) in [5.74, 6) is 0.194. The lowest BCUT2D eigenvalue weighted by Crippen LogP contribution is -2.54. The number of carbonyl (C=O) groups is 1. The van der Waals surface area contributed by atoms with Gasteiger partial charge in [0.25, 0.3) is 0 Å². The third-order valence-electron chi connectivity index (χ3n) is 5.96. The average Bonchev–Trinajstić information content (AvgIpc) is 3.11. The smallest absolute Gasteiger partial charge is 0.230 e. The number of H-pyrrole nitrogens is 1. The van der Waals surface area contributed by atoms with Crippen molar-refractivity contribution >= 4 is 5.91 Å². The molecule has 1 aromatic carbocycles. The summed E-state index contributed by atoms with van der Waals surface area (Å²) in [6.07, 6.45) is 6.49. The quantitative estimate of drug-likeness (QED) is 0.900. The molecule has 5 heteroatoms. The van der Waals surface area contributed by atoms with Gasteiger partial charge >= 0.3 is 0 Å². The van der Waals surface area contributed by atoms with Crippen molar-refractivity contribution < 1.29 is 4.79 Å². The van der Waals surface area contributed by atoms with E-state index in [4.69, 9.17) is 0 Å². The number of carbonyl (C=O) groups excluding carboxylic acids is 1. The molecular formula is C20H26N4O. The first-order valence-corrected chi connectivity index (χ1v) is 9.23. The molecule has 0 unspecified atom stereocenters. The Labute approximate surface area is 148 Å². The van der Waals surface area contributed by atoms with Crippen molar-refractivity contribution in [1.82, 2.24) is 20.4 Å². The first-order valence-electron chi connectivity index (χ1n) is 9.23. The fraction of sp³-hybridized carbons (Fsp3) is 0.500. The highest BCUT2D eigenvalue weighted by atomic mass is 16.2. The van der Waals surface area contributed by atoms with Gasteiger partial charge in [-0.15, -0.1) is 0 Å². The Morgan fingerprint density at radius 3 is 2.80 bits per heavy atom. The second-order valence-electron chi connectivity index (χ2n) is 7.54. The van der Waals surface area contributed by atoms with Crippen molar-refractivity contribution in [2.75, 3.05) is 20.1 Å². The van der Waals surface area contributed by atoms with E-state index < -0.39 is 5.41 Å². The minimum Gasteiger partial charge on any atom is -0.352 e. The van der Waals surface area contributed by atoms with Gasteiger partial charge in [0.1, 0.15) is 0 Å². The molecule has 1 amide bonds. The molecule has 2 aromatic rings. The van der Waals surface area contributed by atoms with Crippen LogP contribution < -0.4 is 5.32 Å². The SMILES string of the molecule is CN1CCC(C(=O)N[C@H]2CCc3cn[nH]c3C2)(c2ccccc2)CC1. The Hall–Kier alpha value is -2.14. The molecule has 2 N–H and O–H groups in total. The number of fused-ring (bicyclic) bond motifs is 1. The lowest BCUT2D eigenvalue weighted by molar-refractivity contribution is -0.129. The van der Waals surface area contributed by atoms with Crippen molar-refractivity contribution in [3.63, 3.8) is 0 Å². The molecular weight excluding hydrogens is 312 g/mol. The van der Waals surface area contributed by atoms with Gasteiger partial charge in [0.15, 0.2) is 0 Å². The number of aryl methyl sites for hydroxylation is 1. The molecule has 4 rings (SSSR count). The van der Waals surface area contributed by atoms with E-state index in [2.05, 4.69) is 39.6 Å². The van der Waals surface area contributed by atoms with Crippen LogP contribution in [0.15, 0.2) is 36.5 Å². The molecule has 1 aromatic heterocycles. The van der Waals surface area contributed by atoms with E-state index in [1.807, 2.05) is 24.4 Å². The maximum Gasteiger partial charge on any atom is 0.230 e. The number of hydrogen-bond acceptors (Lipinski definition) is 3. The highest BCUT2D eigenvalue weighted by Crippen LogP contribution is 2.36. The zero-order valence-corrected chi connectivity index (χ0v) is 14.8. The molecule has 0 spiro atoms. The molecule has 2 aliphatic rings. The molecule has 1 aliphatic heterocycles. The predicted octanol–water partition coefficient (Wildman–Crippen LogP) is 2.05. The summed E-state index contributed by atoms with van der Waals surface area (Å²) >= 11 is 0. The highest BCUT2D eigenvalue weighted by Gasteiger charge is 2.43. The Morgan fingerprint density at radius 1 is 1.28 bits per heavy atom. The molecule has 0 saturated carbocycles. The van der Waals surface area contributed by atoms with E-state index in [9.17, 15) is 4.79 Å². The normalized spacial score (nSPS) is 23.0. The van der Waals surface area contributed by atoms with E-state index in [0.29, 0.717) is 0 Å². The van der Waals surface area contributed by atoms with Gasteiger partial charge in [0.05, 0.1) is 11.6 Å². The third kappa shape index (κ3) is 3.09. The standard InChI is InChI=1S/C20H26N4O/c1-24-11-9-20(10-12-24,16-5-3-2-4-6-16)19(25)22-17-8-7-15-14-21-23-18(15)13-17/h2-6,14,17H,7-13H2,1H3,(H,21,23)(H,22,25)/t17-/m0/s1. The van der Waals surface area contributed by atoms with Crippen LogP contribution in [0.2, 0.25) is 0 Å². The summed E-state index contributed by atoms with van der Waals surface area (Å²) in [6.45, 7) is 1.91. The monoisotopic (exact) mass is 338 g/mol. The van der Waals surface area contributed by atoms with E-state index in [-0.39, 0.29) is 11.9 Å². The minimum atomic E-state index is -0.401. The molecule has 0 bridgehead atoms. The number of piperidine rings is 1. The van der Waals surface area contributed by atoms with Crippen LogP contribution in [0.25, 0.3) is 0 Å². The molecule has 5 nitrogen and oxygen atoms in total. The van der Waals surface area contributed by atoms with Gasteiger partial charge in [0, 0.05) is 18.2 Å². The van der Waals surface area contributed by atoms with Crippen LogP contribution in [0, 0.1) is 0 Å². The van der Waals surface area contributed by atoms with Crippen molar-refractivity contribution in [3.05, 3.63) is 53.3 Å². The van der Waals surface area contributed by atoms with Gasteiger partial charge in [-0.25, -0.2) is 0 Å². The van der Waals surface area contributed by atoms with Crippen LogP contribution in [-0.4, -0.2) is 47.2 Å². The molecule has 0 radical (unpaired) electrons. The van der Waals surface area contributed by atoms with E-state index in [1.165, 1.54) is 11.3 Å². The number of amides is 1. The molecule has 1 saturated heterocycles. The van der Waals surface area contributed by atoms with Crippen LogP contribution in [0.3, 0.4) is 0 Å². The number of aromatic amines is 1. The summed E-state index contributed by atoms with van der Waals surface area (Å²) in [5.41, 5.74) is 3.22. The van der Waals surface area contributed by atoms with Gasteiger partial charge in [-0.1, -0.05) is 30.3 Å². The van der Waals surface area contributed by atoms with Gasteiger partial charge in [0.2, 0.25) is 5.91 Å². The second kappa shape index (κ2) is 6.64. The Bertz CT molecular complexity index is 731. The molecule has 1 atom stereocenters. The van der Waals surface area contributed by atoms with Gasteiger partial charge in [-0.05, 0) is 56.9 Å². The largest absolute Gasteiger partial charge is 0.352 e. The zero-order chi connectivity index (χ0) is 17.3. The van der Waals surface area contributed by atoms with Crippen LogP contribution in [0.5, 0.6) is 0 Å².